The van der Waals surface area contributed by atoms with Crippen LogP contribution in [0.1, 0.15) is 5.56 Å². The van der Waals surface area contributed by atoms with Crippen LogP contribution in [0, 0.1) is 0 Å². The number of rotatable bonds is 7. The lowest BCUT2D eigenvalue weighted by Gasteiger charge is -2.36. The monoisotopic (exact) mass is 439 g/mol. The predicted molar refractivity (Wildman–Crippen MR) is 121 cm³/mol. The molecule has 1 N–H and O–H groups in total. The molecule has 31 heavy (non-hydrogen) atoms. The number of aromatic nitrogens is 3. The van der Waals surface area contributed by atoms with Gasteiger partial charge in [-0.05, 0) is 29.8 Å². The number of methoxy groups -OCH3 is 1. The summed E-state index contributed by atoms with van der Waals surface area (Å²) in [5.74, 6) is 1.14. The molecule has 0 saturated carbocycles. The Balaban J connectivity index is 1.30. The normalized spacial score (nSPS) is 14.0. The number of H-pyrrole nitrogens is 1. The minimum Gasteiger partial charge on any atom is -0.497 e. The van der Waals surface area contributed by atoms with E-state index in [2.05, 4.69) is 15.1 Å². The van der Waals surface area contributed by atoms with Gasteiger partial charge in [-0.15, -0.1) is 5.10 Å². The van der Waals surface area contributed by atoms with E-state index in [4.69, 9.17) is 4.74 Å². The van der Waals surface area contributed by atoms with E-state index in [1.54, 1.807) is 11.7 Å². The van der Waals surface area contributed by atoms with Crippen molar-refractivity contribution in [3.05, 3.63) is 70.6 Å². The van der Waals surface area contributed by atoms with Crippen molar-refractivity contribution in [2.45, 2.75) is 11.7 Å². The molecule has 4 rings (SSSR count). The Labute approximate surface area is 184 Å². The number of hydrogen-bond acceptors (Lipinski definition) is 6. The molecule has 3 aromatic rings. The minimum atomic E-state index is -0.271. The summed E-state index contributed by atoms with van der Waals surface area (Å²) < 4.78 is 6.77. The summed E-state index contributed by atoms with van der Waals surface area (Å²) >= 11 is 1.29. The number of carbonyl (C=O) groups is 1. The van der Waals surface area contributed by atoms with E-state index in [1.807, 2.05) is 59.5 Å². The van der Waals surface area contributed by atoms with Gasteiger partial charge in [0.2, 0.25) is 5.91 Å². The third kappa shape index (κ3) is 5.11. The number of nitrogens with zero attached hydrogens (tertiary/aromatic N) is 4. The largest absolute Gasteiger partial charge is 0.497 e. The number of piperazine rings is 1. The smallest absolute Gasteiger partial charge is 0.344 e. The number of aromatic amines is 1. The molecule has 0 spiro atoms. The summed E-state index contributed by atoms with van der Waals surface area (Å²) in [6.45, 7) is 3.33. The van der Waals surface area contributed by atoms with Crippen molar-refractivity contribution < 1.29 is 9.53 Å². The predicted octanol–water partition coefficient (Wildman–Crippen LogP) is 2.07. The molecule has 0 atom stereocenters. The number of benzene rings is 2. The number of hydrogen-bond donors (Lipinski definition) is 1. The molecular formula is C22H25N5O3S. The Morgan fingerprint density at radius 1 is 1.06 bits per heavy atom. The zero-order valence-electron chi connectivity index (χ0n) is 17.4. The lowest BCUT2D eigenvalue weighted by atomic mass is 10.2. The highest BCUT2D eigenvalue weighted by Crippen LogP contribution is 2.21. The highest BCUT2D eigenvalue weighted by Gasteiger charge is 2.22. The van der Waals surface area contributed by atoms with Crippen LogP contribution in [0.15, 0.2) is 64.5 Å². The number of amides is 1. The van der Waals surface area contributed by atoms with E-state index in [0.717, 1.165) is 30.1 Å². The van der Waals surface area contributed by atoms with Crippen molar-refractivity contribution in [3.63, 3.8) is 0 Å². The molecular weight excluding hydrogens is 414 g/mol. The molecule has 0 aliphatic carbocycles. The Kier molecular flexibility index (Phi) is 6.61. The van der Waals surface area contributed by atoms with Crippen molar-refractivity contribution in [2.75, 3.05) is 43.9 Å². The molecule has 1 aliphatic heterocycles. The Morgan fingerprint density at radius 3 is 2.45 bits per heavy atom. The zero-order valence-corrected chi connectivity index (χ0v) is 18.2. The molecule has 0 unspecified atom stereocenters. The van der Waals surface area contributed by atoms with Crippen molar-refractivity contribution in [2.24, 2.45) is 0 Å². The summed E-state index contributed by atoms with van der Waals surface area (Å²) in [5.41, 5.74) is 1.87. The van der Waals surface area contributed by atoms with E-state index in [1.165, 1.54) is 11.8 Å². The van der Waals surface area contributed by atoms with E-state index in [0.29, 0.717) is 24.8 Å². The fourth-order valence-corrected chi connectivity index (χ4v) is 4.39. The molecule has 1 aromatic heterocycles. The molecule has 2 heterocycles. The van der Waals surface area contributed by atoms with Gasteiger partial charge in [0, 0.05) is 31.9 Å². The molecule has 162 valence electrons. The van der Waals surface area contributed by atoms with Gasteiger partial charge in [0.15, 0.2) is 5.16 Å². The van der Waals surface area contributed by atoms with Gasteiger partial charge in [-0.3, -0.25) is 9.36 Å². The maximum absolute atomic E-state index is 12.7. The topological polar surface area (TPSA) is 83.5 Å². The van der Waals surface area contributed by atoms with Crippen LogP contribution in [0.4, 0.5) is 5.69 Å². The quantitative estimate of drug-likeness (QED) is 0.568. The highest BCUT2D eigenvalue weighted by molar-refractivity contribution is 7.99. The molecule has 1 amide bonds. The van der Waals surface area contributed by atoms with Crippen LogP contribution >= 0.6 is 11.8 Å². The van der Waals surface area contributed by atoms with E-state index < -0.39 is 0 Å². The first-order valence-corrected chi connectivity index (χ1v) is 11.1. The average molecular weight is 440 g/mol. The summed E-state index contributed by atoms with van der Waals surface area (Å²) in [7, 11) is 1.65. The highest BCUT2D eigenvalue weighted by atomic mass is 32.2. The van der Waals surface area contributed by atoms with Crippen LogP contribution in [0.3, 0.4) is 0 Å². The van der Waals surface area contributed by atoms with Gasteiger partial charge in [0.25, 0.3) is 0 Å². The van der Waals surface area contributed by atoms with Gasteiger partial charge < -0.3 is 14.5 Å². The zero-order chi connectivity index (χ0) is 21.6. The number of ether oxygens (including phenoxy) is 1. The standard InChI is InChI=1S/C22H25N5O3S/c1-30-19-9-7-18(8-10-19)25-11-13-26(14-12-25)20(28)16-31-22-24-23-21(29)27(22)15-17-5-3-2-4-6-17/h2-10H,11-16H2,1H3,(H,23,29). The van der Waals surface area contributed by atoms with Gasteiger partial charge in [-0.2, -0.15) is 0 Å². The molecule has 1 fully saturated rings. The minimum absolute atomic E-state index is 0.0566. The summed E-state index contributed by atoms with van der Waals surface area (Å²) in [6, 6.07) is 17.7. The number of thioether (sulfide) groups is 1. The van der Waals surface area contributed by atoms with Crippen molar-refractivity contribution in [1.29, 1.82) is 0 Å². The van der Waals surface area contributed by atoms with Gasteiger partial charge in [0.05, 0.1) is 19.4 Å². The Bertz CT molecular complexity index is 1060. The van der Waals surface area contributed by atoms with Crippen LogP contribution in [0.2, 0.25) is 0 Å². The summed E-state index contributed by atoms with van der Waals surface area (Å²) in [4.78, 5) is 29.0. The van der Waals surface area contributed by atoms with Crippen LogP contribution in [0.25, 0.3) is 0 Å². The molecule has 8 nitrogen and oxygen atoms in total. The Morgan fingerprint density at radius 2 is 1.77 bits per heavy atom. The molecule has 9 heteroatoms. The Hall–Kier alpha value is -3.20. The number of anilines is 1. The van der Waals surface area contributed by atoms with Crippen molar-refractivity contribution in [1.82, 2.24) is 19.7 Å². The SMILES string of the molecule is COc1ccc(N2CCN(C(=O)CSc3n[nH]c(=O)n3Cc3ccccc3)CC2)cc1. The van der Waals surface area contributed by atoms with Crippen LogP contribution in [-0.4, -0.2) is 64.6 Å². The van der Waals surface area contributed by atoms with E-state index in [9.17, 15) is 9.59 Å². The summed E-state index contributed by atoms with van der Waals surface area (Å²) in [5, 5.41) is 7.11. The molecule has 0 radical (unpaired) electrons. The molecule has 2 aromatic carbocycles. The molecule has 1 saturated heterocycles. The fraction of sp³-hybridized carbons (Fsp3) is 0.318. The molecule has 0 bridgehead atoms. The second kappa shape index (κ2) is 9.74. The van der Waals surface area contributed by atoms with Crippen molar-refractivity contribution in [3.8, 4) is 5.75 Å². The maximum Gasteiger partial charge on any atom is 0.344 e. The first-order valence-electron chi connectivity index (χ1n) is 10.1. The van der Waals surface area contributed by atoms with Crippen molar-refractivity contribution >= 4 is 23.4 Å². The number of carbonyl (C=O) groups excluding carboxylic acids is 1. The lowest BCUT2D eigenvalue weighted by Crippen LogP contribution is -2.49. The van der Waals surface area contributed by atoms with Crippen LogP contribution < -0.4 is 15.3 Å². The maximum atomic E-state index is 12.7. The molecule has 1 aliphatic rings. The second-order valence-electron chi connectivity index (χ2n) is 7.24. The average Bonchev–Trinajstić information content (AvgIpc) is 3.17. The van der Waals surface area contributed by atoms with Crippen LogP contribution in [0.5, 0.6) is 5.75 Å². The second-order valence-corrected chi connectivity index (χ2v) is 8.18. The first kappa shape index (κ1) is 21.0. The van der Waals surface area contributed by atoms with Gasteiger partial charge in [-0.25, -0.2) is 9.89 Å². The summed E-state index contributed by atoms with van der Waals surface area (Å²) in [6.07, 6.45) is 0. The fourth-order valence-electron chi connectivity index (χ4n) is 3.54. The first-order chi connectivity index (χ1) is 15.1. The van der Waals surface area contributed by atoms with E-state index in [-0.39, 0.29) is 17.3 Å². The van der Waals surface area contributed by atoms with E-state index >= 15 is 0 Å². The number of nitrogens with one attached hydrogen (secondary N) is 1. The van der Waals surface area contributed by atoms with Gasteiger partial charge in [0.1, 0.15) is 5.75 Å². The third-order valence-corrected chi connectivity index (χ3v) is 6.26. The third-order valence-electron chi connectivity index (χ3n) is 5.30. The van der Waals surface area contributed by atoms with Crippen LogP contribution in [-0.2, 0) is 11.3 Å². The van der Waals surface area contributed by atoms with Gasteiger partial charge in [-0.1, -0.05) is 42.1 Å². The van der Waals surface area contributed by atoms with Gasteiger partial charge >= 0.3 is 5.69 Å². The lowest BCUT2D eigenvalue weighted by molar-refractivity contribution is -0.128.